The second-order valence-corrected chi connectivity index (χ2v) is 2.25. The van der Waals surface area contributed by atoms with Crippen LogP contribution in [0.4, 0.5) is 4.39 Å². The summed E-state index contributed by atoms with van der Waals surface area (Å²) in [7, 11) is 0. The van der Waals surface area contributed by atoms with Crippen molar-refractivity contribution in [1.29, 1.82) is 0 Å². The van der Waals surface area contributed by atoms with Gasteiger partial charge in [-0.05, 0) is 30.2 Å². The molecule has 58 valence electrons. The van der Waals surface area contributed by atoms with Crippen LogP contribution < -0.4 is 0 Å². The molecule has 3 heteroatoms. The fraction of sp³-hybridized carbons (Fsp3) is 0.125. The standard InChI is InChI=1S/C8H8FNO/c1-6-4-7(5-10-11)2-3-8(6)9/h2-5,11H,1H3. The lowest BCUT2D eigenvalue weighted by atomic mass is 10.1. The van der Waals surface area contributed by atoms with Crippen LogP contribution in [0.2, 0.25) is 0 Å². The van der Waals surface area contributed by atoms with Gasteiger partial charge >= 0.3 is 0 Å². The molecule has 0 fully saturated rings. The van der Waals surface area contributed by atoms with Crippen LogP contribution in [0.5, 0.6) is 0 Å². The zero-order valence-corrected chi connectivity index (χ0v) is 6.08. The minimum absolute atomic E-state index is 0.250. The molecular weight excluding hydrogens is 145 g/mol. The maximum absolute atomic E-state index is 12.6. The van der Waals surface area contributed by atoms with E-state index in [0.717, 1.165) is 0 Å². The molecule has 0 aliphatic rings. The van der Waals surface area contributed by atoms with Gasteiger partial charge in [0.05, 0.1) is 6.21 Å². The van der Waals surface area contributed by atoms with E-state index in [4.69, 9.17) is 5.21 Å². The molecule has 0 atom stereocenters. The maximum Gasteiger partial charge on any atom is 0.126 e. The van der Waals surface area contributed by atoms with Gasteiger partial charge in [0.15, 0.2) is 0 Å². The number of halogens is 1. The monoisotopic (exact) mass is 153 g/mol. The Morgan fingerprint density at radius 3 is 2.82 bits per heavy atom. The van der Waals surface area contributed by atoms with Gasteiger partial charge in [0.25, 0.3) is 0 Å². The van der Waals surface area contributed by atoms with Crippen molar-refractivity contribution >= 4 is 6.21 Å². The van der Waals surface area contributed by atoms with Crippen molar-refractivity contribution in [2.45, 2.75) is 6.92 Å². The quantitative estimate of drug-likeness (QED) is 0.373. The summed E-state index contributed by atoms with van der Waals surface area (Å²) in [4.78, 5) is 0. The number of hydrogen-bond acceptors (Lipinski definition) is 2. The second-order valence-electron chi connectivity index (χ2n) is 2.25. The molecule has 0 aromatic heterocycles. The first-order chi connectivity index (χ1) is 5.24. The molecule has 2 nitrogen and oxygen atoms in total. The summed E-state index contributed by atoms with van der Waals surface area (Å²) < 4.78 is 12.6. The third-order valence-electron chi connectivity index (χ3n) is 1.39. The highest BCUT2D eigenvalue weighted by Gasteiger charge is 1.95. The van der Waals surface area contributed by atoms with Crippen molar-refractivity contribution in [2.24, 2.45) is 5.16 Å². The lowest BCUT2D eigenvalue weighted by Crippen LogP contribution is -1.86. The number of rotatable bonds is 1. The van der Waals surface area contributed by atoms with Gasteiger partial charge < -0.3 is 5.21 Å². The Kier molecular flexibility index (Phi) is 2.21. The van der Waals surface area contributed by atoms with Gasteiger partial charge in [-0.25, -0.2) is 4.39 Å². The Morgan fingerprint density at radius 2 is 2.27 bits per heavy atom. The largest absolute Gasteiger partial charge is 0.411 e. The van der Waals surface area contributed by atoms with Crippen molar-refractivity contribution < 1.29 is 9.60 Å². The molecule has 0 aliphatic carbocycles. The van der Waals surface area contributed by atoms with Gasteiger partial charge in [-0.3, -0.25) is 0 Å². The van der Waals surface area contributed by atoms with E-state index in [1.54, 1.807) is 19.1 Å². The molecule has 1 aromatic carbocycles. The van der Waals surface area contributed by atoms with Crippen LogP contribution >= 0.6 is 0 Å². The summed E-state index contributed by atoms with van der Waals surface area (Å²) in [5.74, 6) is -0.250. The fourth-order valence-corrected chi connectivity index (χ4v) is 0.815. The number of nitrogens with zero attached hydrogens (tertiary/aromatic N) is 1. The van der Waals surface area contributed by atoms with Crippen LogP contribution in [0.1, 0.15) is 11.1 Å². The first-order valence-corrected chi connectivity index (χ1v) is 3.17. The summed E-state index contributed by atoms with van der Waals surface area (Å²) in [5.41, 5.74) is 1.23. The zero-order chi connectivity index (χ0) is 8.27. The Labute approximate surface area is 64.0 Å². The van der Waals surface area contributed by atoms with Crippen LogP contribution in [-0.2, 0) is 0 Å². The highest BCUT2D eigenvalue weighted by atomic mass is 19.1. The Morgan fingerprint density at radius 1 is 1.55 bits per heavy atom. The summed E-state index contributed by atoms with van der Waals surface area (Å²) in [6.45, 7) is 1.66. The molecule has 0 unspecified atom stereocenters. The molecule has 0 bridgehead atoms. The molecule has 0 radical (unpaired) electrons. The summed E-state index contributed by atoms with van der Waals surface area (Å²) in [5, 5.41) is 11.0. The lowest BCUT2D eigenvalue weighted by Gasteiger charge is -1.95. The van der Waals surface area contributed by atoms with Crippen LogP contribution in [-0.4, -0.2) is 11.4 Å². The van der Waals surface area contributed by atoms with Crippen LogP contribution in [0, 0.1) is 12.7 Å². The van der Waals surface area contributed by atoms with Crippen molar-refractivity contribution in [3.05, 3.63) is 35.1 Å². The highest BCUT2D eigenvalue weighted by molar-refractivity contribution is 5.79. The van der Waals surface area contributed by atoms with Crippen molar-refractivity contribution in [3.8, 4) is 0 Å². The third kappa shape index (κ3) is 1.77. The van der Waals surface area contributed by atoms with E-state index in [1.165, 1.54) is 12.3 Å². The number of oxime groups is 1. The normalized spacial score (nSPS) is 10.7. The predicted molar refractivity (Wildman–Crippen MR) is 40.5 cm³/mol. The van der Waals surface area contributed by atoms with Gasteiger partial charge in [0.2, 0.25) is 0 Å². The van der Waals surface area contributed by atoms with Crippen molar-refractivity contribution in [3.63, 3.8) is 0 Å². The van der Waals surface area contributed by atoms with E-state index in [-0.39, 0.29) is 5.82 Å². The smallest absolute Gasteiger partial charge is 0.126 e. The summed E-state index contributed by atoms with van der Waals surface area (Å²) in [6.07, 6.45) is 1.26. The highest BCUT2D eigenvalue weighted by Crippen LogP contribution is 2.06. The SMILES string of the molecule is Cc1cc(C=NO)ccc1F. The molecular formula is C8H8FNO. The van der Waals surface area contributed by atoms with E-state index < -0.39 is 0 Å². The topological polar surface area (TPSA) is 32.6 Å². The average Bonchev–Trinajstić information content (AvgIpc) is 1.98. The molecule has 0 saturated heterocycles. The fourth-order valence-electron chi connectivity index (χ4n) is 0.815. The molecule has 0 heterocycles. The van der Waals surface area contributed by atoms with Crippen molar-refractivity contribution in [2.75, 3.05) is 0 Å². The van der Waals surface area contributed by atoms with Gasteiger partial charge in [0, 0.05) is 0 Å². The van der Waals surface area contributed by atoms with Crippen LogP contribution in [0.15, 0.2) is 23.4 Å². The first-order valence-electron chi connectivity index (χ1n) is 3.17. The Hall–Kier alpha value is -1.38. The second kappa shape index (κ2) is 3.14. The maximum atomic E-state index is 12.6. The van der Waals surface area contributed by atoms with E-state index in [1.807, 2.05) is 0 Å². The van der Waals surface area contributed by atoms with Crippen LogP contribution in [0.3, 0.4) is 0 Å². The zero-order valence-electron chi connectivity index (χ0n) is 6.08. The minimum atomic E-state index is -0.250. The third-order valence-corrected chi connectivity index (χ3v) is 1.39. The minimum Gasteiger partial charge on any atom is -0.411 e. The van der Waals surface area contributed by atoms with E-state index in [9.17, 15) is 4.39 Å². The van der Waals surface area contributed by atoms with E-state index in [2.05, 4.69) is 5.16 Å². The Bertz CT molecular complexity index is 283. The van der Waals surface area contributed by atoms with Gasteiger partial charge in [-0.2, -0.15) is 0 Å². The molecule has 0 amide bonds. The Balaban J connectivity index is 3.05. The summed E-state index contributed by atoms with van der Waals surface area (Å²) >= 11 is 0. The van der Waals surface area contributed by atoms with E-state index in [0.29, 0.717) is 11.1 Å². The molecule has 1 aromatic rings. The molecule has 0 aliphatic heterocycles. The van der Waals surface area contributed by atoms with Gasteiger partial charge in [-0.15, -0.1) is 0 Å². The van der Waals surface area contributed by atoms with Gasteiger partial charge in [0.1, 0.15) is 5.82 Å². The molecule has 1 rings (SSSR count). The lowest BCUT2D eigenvalue weighted by molar-refractivity contribution is 0.322. The summed E-state index contributed by atoms with van der Waals surface area (Å²) in [6, 6.07) is 4.49. The van der Waals surface area contributed by atoms with Gasteiger partial charge in [-0.1, -0.05) is 11.2 Å². The number of aryl methyl sites for hydroxylation is 1. The first kappa shape index (κ1) is 7.72. The predicted octanol–water partition coefficient (Wildman–Crippen LogP) is 1.94. The van der Waals surface area contributed by atoms with E-state index >= 15 is 0 Å². The van der Waals surface area contributed by atoms with Crippen LogP contribution in [0.25, 0.3) is 0 Å². The average molecular weight is 153 g/mol. The van der Waals surface area contributed by atoms with Crippen molar-refractivity contribution in [1.82, 2.24) is 0 Å². The number of hydrogen-bond donors (Lipinski definition) is 1. The molecule has 0 saturated carbocycles. The molecule has 11 heavy (non-hydrogen) atoms. The number of benzene rings is 1. The molecule has 1 N–H and O–H groups in total. The molecule has 0 spiro atoms.